The Morgan fingerprint density at radius 2 is 1.88 bits per heavy atom. The number of hydrogen-bond acceptors (Lipinski definition) is 7. The van der Waals surface area contributed by atoms with Crippen LogP contribution >= 0.6 is 15.9 Å². The summed E-state index contributed by atoms with van der Waals surface area (Å²) >= 11 is 3.25. The summed E-state index contributed by atoms with van der Waals surface area (Å²) in [5.41, 5.74) is 5.28. The van der Waals surface area contributed by atoms with Gasteiger partial charge in [-0.3, -0.25) is 40.1 Å². The normalized spacial score (nSPS) is 15.2. The van der Waals surface area contributed by atoms with Crippen LogP contribution in [0.25, 0.3) is 0 Å². The highest BCUT2D eigenvalue weighted by Gasteiger charge is 2.37. The van der Waals surface area contributed by atoms with Gasteiger partial charge in [-0.2, -0.15) is 0 Å². The first kappa shape index (κ1) is 23.9. The molecule has 2 N–H and O–H groups in total. The zero-order chi connectivity index (χ0) is 24.1. The molecule has 0 aliphatic carbocycles. The third-order valence-electron chi connectivity index (χ3n) is 4.93. The molecule has 1 aliphatic heterocycles. The molecule has 33 heavy (non-hydrogen) atoms. The first-order chi connectivity index (χ1) is 15.7. The number of amides is 3. The smallest absolute Gasteiger partial charge is 0.311 e. The first-order valence-electron chi connectivity index (χ1n) is 9.72. The number of aryl methyl sites for hydroxylation is 1. The average molecular weight is 519 g/mol. The number of carbonyl (C=O) groups excluding carboxylic acids is 4. The van der Waals surface area contributed by atoms with Gasteiger partial charge in [0, 0.05) is 34.6 Å². The van der Waals surface area contributed by atoms with Gasteiger partial charge in [0.05, 0.1) is 16.5 Å². The Kier molecular flexibility index (Phi) is 7.38. The average Bonchev–Trinajstić information content (AvgIpc) is 3.18. The molecule has 0 unspecified atom stereocenters. The second-order valence-corrected chi connectivity index (χ2v) is 8.17. The monoisotopic (exact) mass is 518 g/mol. The summed E-state index contributed by atoms with van der Waals surface area (Å²) in [7, 11) is 0. The molecule has 3 rings (SSSR count). The predicted molar refractivity (Wildman–Crippen MR) is 119 cm³/mol. The van der Waals surface area contributed by atoms with Gasteiger partial charge in [-0.1, -0.05) is 22.0 Å². The van der Waals surface area contributed by atoms with E-state index < -0.39 is 35.2 Å². The van der Waals surface area contributed by atoms with Gasteiger partial charge >= 0.3 is 5.97 Å². The lowest BCUT2D eigenvalue weighted by molar-refractivity contribution is -0.385. The molecule has 2 aromatic carbocycles. The standard InChI is InChI=1S/C21H19BrN4O7/c1-12-2-7-16(9-17(12)26(31)32)25-10-14(8-19(25)28)21(30)33-11-18(27)23-24-20(29)13-3-5-15(22)6-4-13/h2-7,9,14H,8,10-11H2,1H3,(H,23,27)(H,24,29)/t14-/m0/s1. The summed E-state index contributed by atoms with van der Waals surface area (Å²) in [6.45, 7) is 0.903. The van der Waals surface area contributed by atoms with Crippen LogP contribution in [-0.4, -0.2) is 41.8 Å². The Morgan fingerprint density at radius 1 is 1.18 bits per heavy atom. The fourth-order valence-electron chi connectivity index (χ4n) is 3.17. The van der Waals surface area contributed by atoms with Crippen molar-refractivity contribution in [1.29, 1.82) is 0 Å². The third kappa shape index (κ3) is 5.92. The number of carbonyl (C=O) groups is 4. The van der Waals surface area contributed by atoms with Crippen molar-refractivity contribution in [3.8, 4) is 0 Å². The van der Waals surface area contributed by atoms with Gasteiger partial charge in [-0.25, -0.2) is 0 Å². The number of hydrogen-bond donors (Lipinski definition) is 2. The lowest BCUT2D eigenvalue weighted by Crippen LogP contribution is -2.43. The van der Waals surface area contributed by atoms with Gasteiger partial charge in [0.2, 0.25) is 5.91 Å². The van der Waals surface area contributed by atoms with Crippen molar-refractivity contribution in [1.82, 2.24) is 10.9 Å². The molecule has 1 heterocycles. The van der Waals surface area contributed by atoms with Crippen molar-refractivity contribution in [2.45, 2.75) is 13.3 Å². The summed E-state index contributed by atoms with van der Waals surface area (Å²) in [5, 5.41) is 11.1. The van der Waals surface area contributed by atoms with Crippen molar-refractivity contribution >= 4 is 51.0 Å². The molecule has 1 fully saturated rings. The van der Waals surface area contributed by atoms with Crippen LogP contribution in [0.4, 0.5) is 11.4 Å². The van der Waals surface area contributed by atoms with Crippen molar-refractivity contribution in [3.63, 3.8) is 0 Å². The van der Waals surface area contributed by atoms with E-state index in [1.165, 1.54) is 17.0 Å². The van der Waals surface area contributed by atoms with E-state index in [1.54, 1.807) is 37.3 Å². The molecule has 11 nitrogen and oxygen atoms in total. The highest BCUT2D eigenvalue weighted by molar-refractivity contribution is 9.10. The van der Waals surface area contributed by atoms with E-state index in [9.17, 15) is 29.3 Å². The minimum Gasteiger partial charge on any atom is -0.455 e. The van der Waals surface area contributed by atoms with Crippen LogP contribution in [0.1, 0.15) is 22.3 Å². The number of nitrogens with zero attached hydrogens (tertiary/aromatic N) is 2. The minimum atomic E-state index is -0.831. The predicted octanol–water partition coefficient (Wildman–Crippen LogP) is 2.02. The van der Waals surface area contributed by atoms with Crippen LogP contribution in [0.3, 0.4) is 0 Å². The van der Waals surface area contributed by atoms with Gasteiger partial charge in [0.25, 0.3) is 17.5 Å². The van der Waals surface area contributed by atoms with Gasteiger partial charge in [-0.15, -0.1) is 0 Å². The Hall–Kier alpha value is -3.80. The number of halogens is 1. The number of hydrazine groups is 1. The molecular formula is C21H19BrN4O7. The van der Waals surface area contributed by atoms with E-state index >= 15 is 0 Å². The molecular weight excluding hydrogens is 500 g/mol. The quantitative estimate of drug-likeness (QED) is 0.337. The van der Waals surface area contributed by atoms with Crippen molar-refractivity contribution < 1.29 is 28.8 Å². The molecule has 0 spiro atoms. The summed E-state index contributed by atoms with van der Waals surface area (Å²) in [6, 6.07) is 10.8. The van der Waals surface area contributed by atoms with Crippen LogP contribution in [0.5, 0.6) is 0 Å². The van der Waals surface area contributed by atoms with E-state index in [4.69, 9.17) is 4.74 Å². The Bertz CT molecular complexity index is 1120. The van der Waals surface area contributed by atoms with Crippen molar-refractivity contribution in [2.75, 3.05) is 18.1 Å². The van der Waals surface area contributed by atoms with E-state index in [-0.39, 0.29) is 24.6 Å². The second kappa shape index (κ2) is 10.2. The topological polar surface area (TPSA) is 148 Å². The number of rotatable bonds is 6. The van der Waals surface area contributed by atoms with E-state index in [1.807, 2.05) is 0 Å². The van der Waals surface area contributed by atoms with Crippen LogP contribution in [-0.2, 0) is 19.1 Å². The Balaban J connectivity index is 1.50. The largest absolute Gasteiger partial charge is 0.455 e. The zero-order valence-corrected chi connectivity index (χ0v) is 19.0. The van der Waals surface area contributed by atoms with Crippen molar-refractivity contribution in [3.05, 3.63) is 68.2 Å². The molecule has 12 heteroatoms. The maximum Gasteiger partial charge on any atom is 0.311 e. The van der Waals surface area contributed by atoms with Crippen LogP contribution in [0.15, 0.2) is 46.9 Å². The maximum atomic E-state index is 12.3. The van der Waals surface area contributed by atoms with Gasteiger partial charge in [0.1, 0.15) is 0 Å². The lowest BCUT2D eigenvalue weighted by atomic mass is 10.1. The first-order valence-corrected chi connectivity index (χ1v) is 10.5. The third-order valence-corrected chi connectivity index (χ3v) is 5.46. The van der Waals surface area contributed by atoms with E-state index in [2.05, 4.69) is 26.8 Å². The molecule has 0 radical (unpaired) electrons. The van der Waals surface area contributed by atoms with Crippen LogP contribution in [0.2, 0.25) is 0 Å². The number of benzene rings is 2. The fraction of sp³-hybridized carbons (Fsp3) is 0.238. The molecule has 3 amide bonds. The van der Waals surface area contributed by atoms with Crippen molar-refractivity contribution in [2.24, 2.45) is 5.92 Å². The molecule has 1 aliphatic rings. The highest BCUT2D eigenvalue weighted by Crippen LogP contribution is 2.30. The van der Waals surface area contributed by atoms with E-state index in [0.717, 1.165) is 4.47 Å². The van der Waals surface area contributed by atoms with Crippen LogP contribution in [0, 0.1) is 23.0 Å². The number of esters is 1. The van der Waals surface area contributed by atoms with Gasteiger partial charge in [0.15, 0.2) is 6.61 Å². The number of nitrogens with one attached hydrogen (secondary N) is 2. The number of anilines is 1. The minimum absolute atomic E-state index is 0.0280. The molecule has 0 bridgehead atoms. The number of nitro groups is 1. The number of ether oxygens (including phenoxy) is 1. The maximum absolute atomic E-state index is 12.3. The van der Waals surface area contributed by atoms with E-state index in [0.29, 0.717) is 16.8 Å². The molecule has 1 atom stereocenters. The SMILES string of the molecule is Cc1ccc(N2C[C@@H](C(=O)OCC(=O)NNC(=O)c3ccc(Br)cc3)CC2=O)cc1[N+](=O)[O-]. The summed E-state index contributed by atoms with van der Waals surface area (Å²) < 4.78 is 5.75. The fourth-order valence-corrected chi connectivity index (χ4v) is 3.43. The summed E-state index contributed by atoms with van der Waals surface area (Å²) in [6.07, 6.45) is -0.150. The summed E-state index contributed by atoms with van der Waals surface area (Å²) in [4.78, 5) is 60.4. The number of nitro benzene ring substituents is 1. The second-order valence-electron chi connectivity index (χ2n) is 7.25. The van der Waals surface area contributed by atoms with Gasteiger partial charge in [-0.05, 0) is 37.3 Å². The molecule has 2 aromatic rings. The Morgan fingerprint density at radius 3 is 2.55 bits per heavy atom. The zero-order valence-electron chi connectivity index (χ0n) is 17.4. The van der Waals surface area contributed by atoms with Crippen LogP contribution < -0.4 is 15.8 Å². The van der Waals surface area contributed by atoms with Gasteiger partial charge < -0.3 is 9.64 Å². The molecule has 172 valence electrons. The Labute approximate surface area is 196 Å². The lowest BCUT2D eigenvalue weighted by Gasteiger charge is -2.16. The molecule has 0 saturated carbocycles. The molecule has 0 aromatic heterocycles. The molecule has 1 saturated heterocycles. The highest BCUT2D eigenvalue weighted by atomic mass is 79.9. The summed E-state index contributed by atoms with van der Waals surface area (Å²) in [5.74, 6) is -3.29.